The molecule has 3 atom stereocenters. The van der Waals surface area contributed by atoms with Crippen LogP contribution in [0.3, 0.4) is 0 Å². The minimum Gasteiger partial charge on any atom is -0.387 e. The molecule has 0 spiro atoms. The van der Waals surface area contributed by atoms with Gasteiger partial charge in [-0.05, 0) is 55.7 Å². The van der Waals surface area contributed by atoms with Crippen molar-refractivity contribution in [2.75, 3.05) is 13.1 Å². The first-order valence-electron chi connectivity index (χ1n) is 7.13. The van der Waals surface area contributed by atoms with Crippen LogP contribution in [-0.2, 0) is 0 Å². The van der Waals surface area contributed by atoms with E-state index in [1.54, 1.807) is 0 Å². The van der Waals surface area contributed by atoms with E-state index in [2.05, 4.69) is 36.9 Å². The highest BCUT2D eigenvalue weighted by atomic mass is 16.3. The Morgan fingerprint density at radius 2 is 2.11 bits per heavy atom. The predicted molar refractivity (Wildman–Crippen MR) is 73.6 cm³/mol. The number of likely N-dealkylation sites (tertiary alicyclic amines) is 1. The zero-order valence-corrected chi connectivity index (χ0v) is 11.4. The molecule has 2 nitrogen and oxygen atoms in total. The molecule has 1 aliphatic carbocycles. The third-order valence-corrected chi connectivity index (χ3v) is 4.85. The van der Waals surface area contributed by atoms with Crippen LogP contribution in [0.1, 0.15) is 42.1 Å². The topological polar surface area (TPSA) is 23.5 Å². The molecule has 1 aromatic rings. The molecular formula is C16H23NO. The molecule has 0 amide bonds. The Morgan fingerprint density at radius 3 is 2.72 bits per heavy atom. The summed E-state index contributed by atoms with van der Waals surface area (Å²) in [6, 6.07) is 7.07. The summed E-state index contributed by atoms with van der Waals surface area (Å²) in [5.41, 5.74) is 3.64. The minimum absolute atomic E-state index is 0.330. The van der Waals surface area contributed by atoms with Crippen molar-refractivity contribution in [3.05, 3.63) is 34.9 Å². The highest BCUT2D eigenvalue weighted by Gasteiger charge is 2.38. The molecular weight excluding hydrogens is 222 g/mol. The first-order chi connectivity index (χ1) is 8.63. The quantitative estimate of drug-likeness (QED) is 0.885. The third-order valence-electron chi connectivity index (χ3n) is 4.85. The van der Waals surface area contributed by atoms with E-state index in [0.29, 0.717) is 0 Å². The second-order valence-electron chi connectivity index (χ2n) is 6.15. The van der Waals surface area contributed by atoms with Crippen molar-refractivity contribution < 1.29 is 5.11 Å². The zero-order chi connectivity index (χ0) is 12.7. The number of aliphatic hydroxyl groups is 1. The van der Waals surface area contributed by atoms with Crippen molar-refractivity contribution in [1.29, 1.82) is 0 Å². The number of nitrogens with zero attached hydrogens (tertiary/aromatic N) is 1. The van der Waals surface area contributed by atoms with Crippen molar-refractivity contribution in [2.24, 2.45) is 5.92 Å². The molecule has 3 unspecified atom stereocenters. The van der Waals surface area contributed by atoms with Crippen molar-refractivity contribution in [3.63, 3.8) is 0 Å². The van der Waals surface area contributed by atoms with Gasteiger partial charge in [-0.3, -0.25) is 4.90 Å². The summed E-state index contributed by atoms with van der Waals surface area (Å²) in [6.07, 6.45) is 3.77. The molecule has 2 aliphatic rings. The first kappa shape index (κ1) is 12.2. The van der Waals surface area contributed by atoms with Crippen molar-refractivity contribution >= 4 is 0 Å². The third kappa shape index (κ3) is 2.19. The maximum atomic E-state index is 10.4. The Labute approximate surface area is 110 Å². The van der Waals surface area contributed by atoms with E-state index >= 15 is 0 Å². The lowest BCUT2D eigenvalue weighted by Gasteiger charge is -2.29. The Hall–Kier alpha value is -0.860. The van der Waals surface area contributed by atoms with Crippen LogP contribution in [0.5, 0.6) is 0 Å². The van der Waals surface area contributed by atoms with Gasteiger partial charge in [0.15, 0.2) is 0 Å². The molecule has 1 aliphatic heterocycles. The number of hydrogen-bond donors (Lipinski definition) is 1. The number of aliphatic hydroxyl groups excluding tert-OH is 1. The molecule has 2 bridgehead atoms. The van der Waals surface area contributed by atoms with Crippen LogP contribution in [0.25, 0.3) is 0 Å². The van der Waals surface area contributed by atoms with Crippen molar-refractivity contribution in [1.82, 2.24) is 4.90 Å². The van der Waals surface area contributed by atoms with E-state index in [-0.39, 0.29) is 6.10 Å². The Morgan fingerprint density at radius 1 is 1.28 bits per heavy atom. The molecule has 1 saturated heterocycles. The lowest BCUT2D eigenvalue weighted by atomic mass is 10.0. The number of fused-ring (bicyclic) bond motifs is 2. The van der Waals surface area contributed by atoms with E-state index < -0.39 is 0 Å². The van der Waals surface area contributed by atoms with Crippen LogP contribution in [-0.4, -0.2) is 29.1 Å². The Balaban J connectivity index is 1.67. The maximum absolute atomic E-state index is 10.4. The summed E-state index contributed by atoms with van der Waals surface area (Å²) in [5, 5.41) is 10.4. The van der Waals surface area contributed by atoms with E-state index in [1.165, 1.54) is 36.9 Å². The van der Waals surface area contributed by atoms with Crippen LogP contribution in [0.15, 0.2) is 18.2 Å². The zero-order valence-electron chi connectivity index (χ0n) is 11.4. The van der Waals surface area contributed by atoms with Gasteiger partial charge in [0.05, 0.1) is 6.10 Å². The van der Waals surface area contributed by atoms with Gasteiger partial charge in [0.1, 0.15) is 0 Å². The molecule has 1 aromatic carbocycles. The maximum Gasteiger partial charge on any atom is 0.0917 e. The largest absolute Gasteiger partial charge is 0.387 e. The summed E-state index contributed by atoms with van der Waals surface area (Å²) >= 11 is 0. The highest BCUT2D eigenvalue weighted by Crippen LogP contribution is 2.38. The second-order valence-corrected chi connectivity index (χ2v) is 6.15. The first-order valence-corrected chi connectivity index (χ1v) is 7.13. The van der Waals surface area contributed by atoms with Gasteiger partial charge in [-0.15, -0.1) is 0 Å². The van der Waals surface area contributed by atoms with Gasteiger partial charge < -0.3 is 5.11 Å². The smallest absolute Gasteiger partial charge is 0.0917 e. The number of aryl methyl sites for hydroxylation is 2. The molecule has 1 heterocycles. The molecule has 0 aromatic heterocycles. The molecule has 98 valence electrons. The molecule has 3 rings (SSSR count). The van der Waals surface area contributed by atoms with Crippen LogP contribution in [0.2, 0.25) is 0 Å². The predicted octanol–water partition coefficient (Wildman–Crippen LogP) is 2.82. The van der Waals surface area contributed by atoms with Crippen molar-refractivity contribution in [3.8, 4) is 0 Å². The minimum atomic E-state index is -0.330. The lowest BCUT2D eigenvalue weighted by Crippen LogP contribution is -2.35. The van der Waals surface area contributed by atoms with Crippen LogP contribution < -0.4 is 0 Å². The monoisotopic (exact) mass is 245 g/mol. The van der Waals surface area contributed by atoms with Crippen LogP contribution in [0.4, 0.5) is 0 Å². The average Bonchev–Trinajstić information content (AvgIpc) is 2.94. The summed E-state index contributed by atoms with van der Waals surface area (Å²) in [6.45, 7) is 6.24. The van der Waals surface area contributed by atoms with Gasteiger partial charge in [0.25, 0.3) is 0 Å². The van der Waals surface area contributed by atoms with Gasteiger partial charge in [-0.25, -0.2) is 0 Å². The summed E-state index contributed by atoms with van der Waals surface area (Å²) in [7, 11) is 0. The average molecular weight is 245 g/mol. The Kier molecular flexibility index (Phi) is 3.16. The fourth-order valence-corrected chi connectivity index (χ4v) is 3.55. The van der Waals surface area contributed by atoms with Gasteiger partial charge in [0, 0.05) is 19.1 Å². The normalized spacial score (nSPS) is 28.8. The highest BCUT2D eigenvalue weighted by molar-refractivity contribution is 5.31. The van der Waals surface area contributed by atoms with E-state index in [4.69, 9.17) is 0 Å². The standard InChI is InChI=1S/C16H23NO/c1-11-3-5-14(7-12(11)2)16(18)10-17-9-13-4-6-15(17)8-13/h3,5,7,13,15-16,18H,4,6,8-10H2,1-2H3. The summed E-state index contributed by atoms with van der Waals surface area (Å²) in [5.74, 6) is 0.905. The summed E-state index contributed by atoms with van der Waals surface area (Å²) in [4.78, 5) is 2.49. The van der Waals surface area contributed by atoms with Crippen LogP contribution >= 0.6 is 0 Å². The fraction of sp³-hybridized carbons (Fsp3) is 0.625. The SMILES string of the molecule is Cc1ccc(C(O)CN2CC3CCC2C3)cc1C. The fourth-order valence-electron chi connectivity index (χ4n) is 3.55. The van der Waals surface area contributed by atoms with E-state index in [9.17, 15) is 5.11 Å². The molecule has 2 fully saturated rings. The molecule has 0 radical (unpaired) electrons. The van der Waals surface area contributed by atoms with Gasteiger partial charge in [0.2, 0.25) is 0 Å². The number of piperidine rings is 1. The number of rotatable bonds is 3. The lowest BCUT2D eigenvalue weighted by molar-refractivity contribution is 0.0946. The Bertz CT molecular complexity index is 443. The number of β-amino-alcohol motifs (C(OH)–C–C–N with tert-alkyl or cyclic N) is 1. The van der Waals surface area contributed by atoms with Gasteiger partial charge in [-0.2, -0.15) is 0 Å². The van der Waals surface area contributed by atoms with E-state index in [0.717, 1.165) is 24.1 Å². The number of benzene rings is 1. The van der Waals surface area contributed by atoms with Crippen molar-refractivity contribution in [2.45, 2.75) is 45.3 Å². The second kappa shape index (κ2) is 4.67. The molecule has 1 N–H and O–H groups in total. The molecule has 18 heavy (non-hydrogen) atoms. The summed E-state index contributed by atoms with van der Waals surface area (Å²) < 4.78 is 0. The molecule has 2 heteroatoms. The molecule has 1 saturated carbocycles. The van der Waals surface area contributed by atoms with Gasteiger partial charge >= 0.3 is 0 Å². The van der Waals surface area contributed by atoms with E-state index in [1.807, 2.05) is 0 Å². The van der Waals surface area contributed by atoms with Crippen LogP contribution in [0, 0.1) is 19.8 Å². The number of hydrogen-bond acceptors (Lipinski definition) is 2. The van der Waals surface area contributed by atoms with Gasteiger partial charge in [-0.1, -0.05) is 18.2 Å².